The van der Waals surface area contributed by atoms with Crippen LogP contribution >= 0.6 is 11.6 Å². The summed E-state index contributed by atoms with van der Waals surface area (Å²) in [6.07, 6.45) is 0. The number of aromatic nitrogens is 2. The van der Waals surface area contributed by atoms with Crippen LogP contribution in [-0.4, -0.2) is 9.78 Å². The number of nitrogens with zero attached hydrogens (tertiary/aromatic N) is 2. The van der Waals surface area contributed by atoms with Crippen LogP contribution in [0, 0.1) is 12.7 Å². The molecule has 4 nitrogen and oxygen atoms in total. The lowest BCUT2D eigenvalue weighted by Crippen LogP contribution is -2.02. The molecule has 0 radical (unpaired) electrons. The van der Waals surface area contributed by atoms with Gasteiger partial charge in [-0.25, -0.2) is 4.39 Å². The number of hydrogen-bond acceptors (Lipinski definition) is 3. The van der Waals surface area contributed by atoms with Crippen molar-refractivity contribution in [2.45, 2.75) is 6.92 Å². The van der Waals surface area contributed by atoms with Crippen molar-refractivity contribution in [1.82, 2.24) is 9.78 Å². The lowest BCUT2D eigenvalue weighted by Gasteiger charge is -2.09. The minimum Gasteiger partial charge on any atom is -0.394 e. The quantitative estimate of drug-likeness (QED) is 0.866. The van der Waals surface area contributed by atoms with E-state index in [2.05, 4.69) is 10.4 Å². The Balaban J connectivity index is 2.41. The number of nitrogen functional groups attached to an aromatic ring is 1. The van der Waals surface area contributed by atoms with E-state index in [4.69, 9.17) is 17.3 Å². The molecule has 90 valence electrons. The van der Waals surface area contributed by atoms with Crippen LogP contribution in [-0.2, 0) is 7.05 Å². The van der Waals surface area contributed by atoms with E-state index in [9.17, 15) is 4.39 Å². The molecule has 0 unspecified atom stereocenters. The summed E-state index contributed by atoms with van der Waals surface area (Å²) in [5.41, 5.74) is 7.29. The van der Waals surface area contributed by atoms with Gasteiger partial charge in [0.2, 0.25) is 0 Å². The number of nitrogens with two attached hydrogens (primary N) is 1. The summed E-state index contributed by atoms with van der Waals surface area (Å²) in [5.74, 6) is 0.0380. The van der Waals surface area contributed by atoms with Gasteiger partial charge < -0.3 is 11.1 Å². The number of hydrogen-bond donors (Lipinski definition) is 2. The maximum Gasteiger partial charge on any atom is 0.165 e. The third-order valence-corrected chi connectivity index (χ3v) is 2.77. The second kappa shape index (κ2) is 4.25. The Kier molecular flexibility index (Phi) is 2.93. The van der Waals surface area contributed by atoms with Gasteiger partial charge in [-0.3, -0.25) is 4.68 Å². The van der Waals surface area contributed by atoms with Crippen molar-refractivity contribution in [1.29, 1.82) is 0 Å². The Labute approximate surface area is 103 Å². The molecule has 0 fully saturated rings. The molecule has 0 bridgehead atoms. The average Bonchev–Trinajstić information content (AvgIpc) is 2.51. The second-order valence-corrected chi connectivity index (χ2v) is 4.10. The summed E-state index contributed by atoms with van der Waals surface area (Å²) < 4.78 is 15.3. The molecule has 0 atom stereocenters. The summed E-state index contributed by atoms with van der Waals surface area (Å²) in [6, 6.07) is 4.73. The number of halogens is 2. The van der Waals surface area contributed by atoms with Gasteiger partial charge >= 0.3 is 0 Å². The highest BCUT2D eigenvalue weighted by Gasteiger charge is 2.13. The molecule has 1 aromatic carbocycles. The van der Waals surface area contributed by atoms with E-state index in [1.54, 1.807) is 30.8 Å². The number of rotatable bonds is 2. The average molecular weight is 255 g/mol. The van der Waals surface area contributed by atoms with Crippen LogP contribution in [0.2, 0.25) is 5.02 Å². The Morgan fingerprint density at radius 1 is 1.47 bits per heavy atom. The highest BCUT2D eigenvalue weighted by atomic mass is 35.5. The maximum absolute atomic E-state index is 13.7. The van der Waals surface area contributed by atoms with Gasteiger partial charge in [-0.15, -0.1) is 0 Å². The number of benzene rings is 1. The summed E-state index contributed by atoms with van der Waals surface area (Å²) >= 11 is 5.70. The Morgan fingerprint density at radius 3 is 2.76 bits per heavy atom. The number of nitrogens with one attached hydrogen (secondary N) is 1. The molecular formula is C11H12ClFN4. The van der Waals surface area contributed by atoms with Gasteiger partial charge in [0, 0.05) is 7.05 Å². The first kappa shape index (κ1) is 11.7. The molecule has 2 aromatic rings. The van der Waals surface area contributed by atoms with E-state index in [-0.39, 0.29) is 10.7 Å². The predicted octanol–water partition coefficient (Wildman–Crippen LogP) is 2.85. The van der Waals surface area contributed by atoms with Gasteiger partial charge in [0.05, 0.1) is 22.1 Å². The van der Waals surface area contributed by atoms with Gasteiger partial charge in [0.15, 0.2) is 11.6 Å². The van der Waals surface area contributed by atoms with Crippen LogP contribution in [0.3, 0.4) is 0 Å². The van der Waals surface area contributed by atoms with E-state index in [1.165, 1.54) is 6.07 Å². The zero-order chi connectivity index (χ0) is 12.6. The fourth-order valence-corrected chi connectivity index (χ4v) is 1.73. The van der Waals surface area contributed by atoms with Crippen LogP contribution in [0.1, 0.15) is 5.69 Å². The normalized spacial score (nSPS) is 10.6. The fourth-order valence-electron chi connectivity index (χ4n) is 1.55. The molecule has 0 saturated carbocycles. The van der Waals surface area contributed by atoms with E-state index in [0.29, 0.717) is 17.2 Å². The SMILES string of the molecule is Cc1nn(C)c(Nc2cccc(Cl)c2F)c1N. The Hall–Kier alpha value is -1.75. The molecule has 3 N–H and O–H groups in total. The largest absolute Gasteiger partial charge is 0.394 e. The van der Waals surface area contributed by atoms with Gasteiger partial charge in [-0.1, -0.05) is 17.7 Å². The molecule has 0 aliphatic heterocycles. The smallest absolute Gasteiger partial charge is 0.165 e. The molecule has 2 rings (SSSR count). The lowest BCUT2D eigenvalue weighted by molar-refractivity contribution is 0.631. The Bertz CT molecular complexity index is 565. The molecule has 0 aliphatic rings. The molecule has 17 heavy (non-hydrogen) atoms. The molecule has 0 aliphatic carbocycles. The molecule has 0 amide bonds. The Morgan fingerprint density at radius 2 is 2.18 bits per heavy atom. The highest BCUT2D eigenvalue weighted by Crippen LogP contribution is 2.29. The maximum atomic E-state index is 13.7. The molecule has 0 saturated heterocycles. The van der Waals surface area contributed by atoms with Crippen molar-refractivity contribution in [2.75, 3.05) is 11.1 Å². The van der Waals surface area contributed by atoms with Gasteiger partial charge in [-0.05, 0) is 19.1 Å². The standard InChI is InChI=1S/C11H12ClFN4/c1-6-10(14)11(17(2)16-6)15-8-5-3-4-7(12)9(8)13/h3-5,15H,14H2,1-2H3. The van der Waals surface area contributed by atoms with Gasteiger partial charge in [0.25, 0.3) is 0 Å². The van der Waals surface area contributed by atoms with Crippen molar-refractivity contribution in [2.24, 2.45) is 7.05 Å². The third-order valence-electron chi connectivity index (χ3n) is 2.47. The first-order valence-corrected chi connectivity index (χ1v) is 5.38. The van der Waals surface area contributed by atoms with Gasteiger partial charge in [-0.2, -0.15) is 5.10 Å². The van der Waals surface area contributed by atoms with Crippen LogP contribution in [0.25, 0.3) is 0 Å². The minimum atomic E-state index is -0.507. The first-order chi connectivity index (χ1) is 8.00. The highest BCUT2D eigenvalue weighted by molar-refractivity contribution is 6.31. The van der Waals surface area contributed by atoms with E-state index in [0.717, 1.165) is 0 Å². The van der Waals surface area contributed by atoms with Gasteiger partial charge in [0.1, 0.15) is 0 Å². The first-order valence-electron chi connectivity index (χ1n) is 5.01. The van der Waals surface area contributed by atoms with Crippen LogP contribution in [0.15, 0.2) is 18.2 Å². The molecule has 1 aromatic heterocycles. The lowest BCUT2D eigenvalue weighted by atomic mass is 10.3. The summed E-state index contributed by atoms with van der Waals surface area (Å²) in [5, 5.41) is 7.08. The molecule has 0 spiro atoms. The van der Waals surface area contributed by atoms with Crippen molar-refractivity contribution in [3.63, 3.8) is 0 Å². The molecular weight excluding hydrogens is 243 g/mol. The van der Waals surface area contributed by atoms with E-state index >= 15 is 0 Å². The number of anilines is 3. The molecule has 6 heteroatoms. The van der Waals surface area contributed by atoms with Crippen LogP contribution in [0.5, 0.6) is 0 Å². The predicted molar refractivity (Wildman–Crippen MR) is 67.1 cm³/mol. The molecule has 1 heterocycles. The second-order valence-electron chi connectivity index (χ2n) is 3.70. The zero-order valence-electron chi connectivity index (χ0n) is 9.46. The topological polar surface area (TPSA) is 55.9 Å². The monoisotopic (exact) mass is 254 g/mol. The van der Waals surface area contributed by atoms with Crippen LogP contribution < -0.4 is 11.1 Å². The third kappa shape index (κ3) is 2.06. The summed E-state index contributed by atoms with van der Waals surface area (Å²) in [6.45, 7) is 1.79. The summed E-state index contributed by atoms with van der Waals surface area (Å²) in [7, 11) is 1.73. The van der Waals surface area contributed by atoms with Crippen molar-refractivity contribution in [3.05, 3.63) is 34.7 Å². The zero-order valence-corrected chi connectivity index (χ0v) is 10.2. The van der Waals surface area contributed by atoms with Crippen molar-refractivity contribution >= 4 is 28.8 Å². The van der Waals surface area contributed by atoms with Crippen molar-refractivity contribution < 1.29 is 4.39 Å². The minimum absolute atomic E-state index is 0.0625. The fraction of sp³-hybridized carbons (Fsp3) is 0.182. The van der Waals surface area contributed by atoms with Crippen molar-refractivity contribution in [3.8, 4) is 0 Å². The summed E-state index contributed by atoms with van der Waals surface area (Å²) in [4.78, 5) is 0. The van der Waals surface area contributed by atoms with E-state index < -0.39 is 5.82 Å². The van der Waals surface area contributed by atoms with E-state index in [1.807, 2.05) is 0 Å². The van der Waals surface area contributed by atoms with Crippen LogP contribution in [0.4, 0.5) is 21.6 Å². The number of aryl methyl sites for hydroxylation is 2.